The topological polar surface area (TPSA) is 49.4 Å². The van der Waals surface area contributed by atoms with E-state index in [2.05, 4.69) is 27.9 Å². The maximum atomic E-state index is 11.7. The Morgan fingerprint density at radius 2 is 2.18 bits per heavy atom. The highest BCUT2D eigenvalue weighted by Gasteiger charge is 2.30. The second-order valence-corrected chi connectivity index (χ2v) is 5.50. The zero-order valence-corrected chi connectivity index (χ0v) is 11.9. The van der Waals surface area contributed by atoms with E-state index in [0.29, 0.717) is 11.6 Å². The van der Waals surface area contributed by atoms with Crippen molar-refractivity contribution < 1.29 is 9.59 Å². The van der Waals surface area contributed by atoms with Gasteiger partial charge in [0, 0.05) is 15.1 Å². The van der Waals surface area contributed by atoms with Crippen LogP contribution in [0.1, 0.15) is 6.92 Å². The minimum atomic E-state index is -0.381. The first-order valence-electron chi connectivity index (χ1n) is 5.06. The van der Waals surface area contributed by atoms with E-state index in [1.54, 1.807) is 30.0 Å². The van der Waals surface area contributed by atoms with E-state index in [4.69, 9.17) is 11.6 Å². The number of anilines is 1. The van der Waals surface area contributed by atoms with Crippen molar-refractivity contribution in [1.29, 1.82) is 0 Å². The van der Waals surface area contributed by atoms with Gasteiger partial charge < -0.3 is 0 Å². The largest absolute Gasteiger partial charge is 0.328 e. The van der Waals surface area contributed by atoms with Gasteiger partial charge in [-0.15, -0.1) is 0 Å². The molecule has 0 aliphatic carbocycles. The minimum Gasteiger partial charge on any atom is -0.292 e. The van der Waals surface area contributed by atoms with Gasteiger partial charge in [-0.25, -0.2) is 4.79 Å². The van der Waals surface area contributed by atoms with Crippen LogP contribution < -0.4 is 10.2 Å². The summed E-state index contributed by atoms with van der Waals surface area (Å²) in [6, 6.07) is 4.92. The molecule has 6 heteroatoms. The van der Waals surface area contributed by atoms with Crippen molar-refractivity contribution in [2.75, 3.05) is 11.4 Å². The number of carbonyl (C=O) groups is 2. The summed E-state index contributed by atoms with van der Waals surface area (Å²) in [7, 11) is 0. The number of hydrogen-bond acceptors (Lipinski definition) is 2. The van der Waals surface area contributed by atoms with Crippen LogP contribution in [0.15, 0.2) is 18.2 Å². The lowest BCUT2D eigenvalue weighted by Gasteiger charge is -2.31. The van der Waals surface area contributed by atoms with E-state index in [0.717, 1.165) is 9.26 Å². The van der Waals surface area contributed by atoms with Crippen LogP contribution in [-0.4, -0.2) is 18.5 Å². The van der Waals surface area contributed by atoms with Gasteiger partial charge in [-0.05, 0) is 40.8 Å². The SMILES string of the molecule is CC1CN(c2ccc(Cl)cc2I)C(=O)NC1=O. The van der Waals surface area contributed by atoms with Gasteiger partial charge in [0.2, 0.25) is 5.91 Å². The van der Waals surface area contributed by atoms with Crippen molar-refractivity contribution in [3.8, 4) is 0 Å². The zero-order chi connectivity index (χ0) is 12.6. The molecule has 4 nitrogen and oxygen atoms in total. The lowest BCUT2D eigenvalue weighted by Crippen LogP contribution is -2.54. The molecular formula is C11H10ClIN2O2. The summed E-state index contributed by atoms with van der Waals surface area (Å²) >= 11 is 7.99. The lowest BCUT2D eigenvalue weighted by atomic mass is 10.1. The van der Waals surface area contributed by atoms with Crippen LogP contribution in [0.25, 0.3) is 0 Å². The monoisotopic (exact) mass is 364 g/mol. The molecule has 1 saturated heterocycles. The van der Waals surface area contributed by atoms with Crippen LogP contribution in [-0.2, 0) is 4.79 Å². The summed E-state index contributed by atoms with van der Waals surface area (Å²) in [5, 5.41) is 2.96. The van der Waals surface area contributed by atoms with E-state index >= 15 is 0 Å². The molecule has 3 amide bonds. The minimum absolute atomic E-state index is 0.209. The number of carbonyl (C=O) groups excluding carboxylic acids is 2. The number of benzene rings is 1. The summed E-state index contributed by atoms with van der Waals surface area (Å²) < 4.78 is 0.881. The summed E-state index contributed by atoms with van der Waals surface area (Å²) in [4.78, 5) is 24.6. The fraction of sp³-hybridized carbons (Fsp3) is 0.273. The molecule has 0 bridgehead atoms. The van der Waals surface area contributed by atoms with Crippen molar-refractivity contribution >= 4 is 51.8 Å². The van der Waals surface area contributed by atoms with Crippen LogP contribution >= 0.6 is 34.2 Å². The Kier molecular flexibility index (Phi) is 3.58. The average Bonchev–Trinajstić information content (AvgIpc) is 2.24. The van der Waals surface area contributed by atoms with E-state index in [1.807, 2.05) is 0 Å². The lowest BCUT2D eigenvalue weighted by molar-refractivity contribution is -0.123. The molecule has 1 aliphatic heterocycles. The standard InChI is InChI=1S/C11H10ClIN2O2/c1-6-5-15(11(17)14-10(6)16)9-3-2-7(12)4-8(9)13/h2-4,6H,5H2,1H3,(H,14,16,17). The number of amides is 3. The second-order valence-electron chi connectivity index (χ2n) is 3.90. The van der Waals surface area contributed by atoms with Gasteiger partial charge >= 0.3 is 6.03 Å². The molecule has 1 atom stereocenters. The van der Waals surface area contributed by atoms with E-state index in [-0.39, 0.29) is 17.9 Å². The highest BCUT2D eigenvalue weighted by molar-refractivity contribution is 14.1. The van der Waals surface area contributed by atoms with E-state index < -0.39 is 0 Å². The van der Waals surface area contributed by atoms with Gasteiger partial charge in [0.25, 0.3) is 0 Å². The predicted octanol–water partition coefficient (Wildman–Crippen LogP) is 2.64. The van der Waals surface area contributed by atoms with Gasteiger partial charge in [-0.2, -0.15) is 0 Å². The van der Waals surface area contributed by atoms with E-state index in [9.17, 15) is 9.59 Å². The maximum absolute atomic E-state index is 11.7. The summed E-state index contributed by atoms with van der Waals surface area (Å²) in [6.45, 7) is 2.18. The third kappa shape index (κ3) is 2.55. The molecule has 1 fully saturated rings. The van der Waals surface area contributed by atoms with Gasteiger partial charge in [0.1, 0.15) is 0 Å². The molecule has 1 N–H and O–H groups in total. The van der Waals surface area contributed by atoms with Crippen LogP contribution in [0, 0.1) is 9.49 Å². The molecule has 0 saturated carbocycles. The summed E-state index contributed by atoms with van der Waals surface area (Å²) in [5.74, 6) is -0.436. The normalized spacial score (nSPS) is 20.4. The summed E-state index contributed by atoms with van der Waals surface area (Å²) in [5.41, 5.74) is 0.770. The highest BCUT2D eigenvalue weighted by atomic mass is 127. The molecule has 90 valence electrons. The Morgan fingerprint density at radius 1 is 1.47 bits per heavy atom. The molecule has 0 radical (unpaired) electrons. The van der Waals surface area contributed by atoms with Gasteiger partial charge in [0.15, 0.2) is 0 Å². The Labute approximate surface area is 117 Å². The van der Waals surface area contributed by atoms with Crippen molar-refractivity contribution in [2.24, 2.45) is 5.92 Å². The number of urea groups is 1. The van der Waals surface area contributed by atoms with Gasteiger partial charge in [-0.1, -0.05) is 18.5 Å². The molecular weight excluding hydrogens is 354 g/mol. The molecule has 1 unspecified atom stereocenters. The molecule has 1 aromatic rings. The Bertz CT molecular complexity index is 492. The van der Waals surface area contributed by atoms with Crippen LogP contribution in [0.4, 0.5) is 10.5 Å². The third-order valence-corrected chi connectivity index (χ3v) is 3.68. The fourth-order valence-corrected chi connectivity index (χ4v) is 2.81. The maximum Gasteiger partial charge on any atom is 0.328 e. The molecule has 1 heterocycles. The fourth-order valence-electron chi connectivity index (χ4n) is 1.64. The average molecular weight is 365 g/mol. The Hall–Kier alpha value is -0.820. The van der Waals surface area contributed by atoms with Crippen LogP contribution in [0.3, 0.4) is 0 Å². The first-order valence-corrected chi connectivity index (χ1v) is 6.52. The summed E-state index contributed by atoms with van der Waals surface area (Å²) in [6.07, 6.45) is 0. The van der Waals surface area contributed by atoms with Gasteiger partial charge in [0.05, 0.1) is 11.6 Å². The number of hydrogen-bond donors (Lipinski definition) is 1. The molecule has 0 aromatic heterocycles. The first kappa shape index (κ1) is 12.6. The van der Waals surface area contributed by atoms with Crippen LogP contribution in [0.2, 0.25) is 5.02 Å². The molecule has 17 heavy (non-hydrogen) atoms. The second kappa shape index (κ2) is 4.81. The number of imide groups is 1. The first-order chi connectivity index (χ1) is 7.99. The molecule has 1 aromatic carbocycles. The highest BCUT2D eigenvalue weighted by Crippen LogP contribution is 2.27. The molecule has 0 spiro atoms. The smallest absolute Gasteiger partial charge is 0.292 e. The number of nitrogens with zero attached hydrogens (tertiary/aromatic N) is 1. The van der Waals surface area contributed by atoms with Gasteiger partial charge in [-0.3, -0.25) is 15.0 Å². The number of nitrogens with one attached hydrogen (secondary N) is 1. The third-order valence-electron chi connectivity index (χ3n) is 2.58. The van der Waals surface area contributed by atoms with Crippen LogP contribution in [0.5, 0.6) is 0 Å². The quantitative estimate of drug-likeness (QED) is 0.779. The van der Waals surface area contributed by atoms with Crippen molar-refractivity contribution in [2.45, 2.75) is 6.92 Å². The molecule has 2 rings (SSSR count). The number of rotatable bonds is 1. The Morgan fingerprint density at radius 3 is 2.82 bits per heavy atom. The zero-order valence-electron chi connectivity index (χ0n) is 9.04. The van der Waals surface area contributed by atoms with E-state index in [1.165, 1.54) is 0 Å². The van der Waals surface area contributed by atoms with Crippen molar-refractivity contribution in [3.05, 3.63) is 26.8 Å². The number of halogens is 2. The van der Waals surface area contributed by atoms with Crippen molar-refractivity contribution in [1.82, 2.24) is 5.32 Å². The van der Waals surface area contributed by atoms with Crippen molar-refractivity contribution in [3.63, 3.8) is 0 Å². The predicted molar refractivity (Wildman–Crippen MR) is 74.2 cm³/mol. The molecule has 1 aliphatic rings. The Balaban J connectivity index is 2.33.